The molecule has 4 heteroatoms. The van der Waals surface area contributed by atoms with E-state index in [-0.39, 0.29) is 6.04 Å². The molecule has 0 aliphatic heterocycles. The van der Waals surface area contributed by atoms with Crippen LogP contribution in [0.25, 0.3) is 10.1 Å². The first-order valence-corrected chi connectivity index (χ1v) is 7.94. The number of likely N-dealkylation sites (N-methyl/N-ethyl adjacent to an activating group) is 1. The predicted molar refractivity (Wildman–Crippen MR) is 89.3 cm³/mol. The Hall–Kier alpha value is -1.75. The zero-order valence-corrected chi connectivity index (χ0v) is 12.9. The fraction of sp³-hybridized carbons (Fsp3) is 0.235. The molecule has 2 N–H and O–H groups in total. The van der Waals surface area contributed by atoms with Crippen LogP contribution in [-0.2, 0) is 6.54 Å². The minimum Gasteiger partial charge on any atom is -0.329 e. The van der Waals surface area contributed by atoms with Crippen molar-refractivity contribution in [2.24, 2.45) is 5.73 Å². The van der Waals surface area contributed by atoms with Crippen LogP contribution in [0, 0.1) is 0 Å². The van der Waals surface area contributed by atoms with Crippen molar-refractivity contribution in [2.75, 3.05) is 13.6 Å². The van der Waals surface area contributed by atoms with E-state index in [0.717, 1.165) is 12.2 Å². The van der Waals surface area contributed by atoms with Gasteiger partial charge in [0.2, 0.25) is 0 Å². The van der Waals surface area contributed by atoms with Crippen molar-refractivity contribution in [1.29, 1.82) is 0 Å². The SMILES string of the molecule is CN(Cc1ccccn1)C(CN)c1csc2ccccc12. The summed E-state index contributed by atoms with van der Waals surface area (Å²) in [4.78, 5) is 6.67. The minimum absolute atomic E-state index is 0.211. The van der Waals surface area contributed by atoms with Crippen LogP contribution < -0.4 is 5.73 Å². The number of pyridine rings is 1. The lowest BCUT2D eigenvalue weighted by atomic mass is 10.0. The summed E-state index contributed by atoms with van der Waals surface area (Å²) in [6.07, 6.45) is 1.83. The zero-order chi connectivity index (χ0) is 14.7. The van der Waals surface area contributed by atoms with Gasteiger partial charge >= 0.3 is 0 Å². The fourth-order valence-corrected chi connectivity index (χ4v) is 3.67. The third kappa shape index (κ3) is 2.97. The summed E-state index contributed by atoms with van der Waals surface area (Å²) < 4.78 is 1.32. The van der Waals surface area contributed by atoms with E-state index in [9.17, 15) is 0 Å². The van der Waals surface area contributed by atoms with Crippen LogP contribution in [0.2, 0.25) is 0 Å². The number of thiophene rings is 1. The number of nitrogens with two attached hydrogens (primary N) is 1. The lowest BCUT2D eigenvalue weighted by Gasteiger charge is -2.26. The van der Waals surface area contributed by atoms with Gasteiger partial charge in [-0.05, 0) is 41.6 Å². The first kappa shape index (κ1) is 14.2. The third-order valence-electron chi connectivity index (χ3n) is 3.76. The molecule has 0 radical (unpaired) electrons. The molecule has 21 heavy (non-hydrogen) atoms. The fourth-order valence-electron chi connectivity index (χ4n) is 2.66. The average molecular weight is 297 g/mol. The first-order chi connectivity index (χ1) is 10.3. The standard InChI is InChI=1S/C17H19N3S/c1-20(11-13-6-4-5-9-19-13)16(10-18)15-12-21-17-8-3-2-7-14(15)17/h2-9,12,16H,10-11,18H2,1H3. The Bertz CT molecular complexity index is 708. The smallest absolute Gasteiger partial charge is 0.0544 e. The Labute approximate surface area is 129 Å². The molecule has 1 unspecified atom stereocenters. The molecule has 2 heterocycles. The average Bonchev–Trinajstić information content (AvgIpc) is 2.93. The highest BCUT2D eigenvalue weighted by Gasteiger charge is 2.19. The molecule has 3 rings (SSSR count). The van der Waals surface area contributed by atoms with Gasteiger partial charge in [-0.2, -0.15) is 0 Å². The second kappa shape index (κ2) is 6.35. The monoisotopic (exact) mass is 297 g/mol. The molecule has 0 aliphatic carbocycles. The highest BCUT2D eigenvalue weighted by atomic mass is 32.1. The van der Waals surface area contributed by atoms with E-state index < -0.39 is 0 Å². The van der Waals surface area contributed by atoms with Crippen molar-refractivity contribution in [1.82, 2.24) is 9.88 Å². The van der Waals surface area contributed by atoms with Crippen LogP contribution in [0.1, 0.15) is 17.3 Å². The number of benzene rings is 1. The molecule has 1 atom stereocenters. The molecule has 2 aromatic heterocycles. The van der Waals surface area contributed by atoms with Crippen molar-refractivity contribution >= 4 is 21.4 Å². The normalized spacial score (nSPS) is 12.9. The van der Waals surface area contributed by atoms with Gasteiger partial charge in [0, 0.05) is 30.0 Å². The van der Waals surface area contributed by atoms with Crippen molar-refractivity contribution in [3.8, 4) is 0 Å². The van der Waals surface area contributed by atoms with E-state index in [4.69, 9.17) is 5.73 Å². The van der Waals surface area contributed by atoms with Crippen molar-refractivity contribution in [3.05, 3.63) is 65.3 Å². The molecule has 0 saturated carbocycles. The molecule has 0 bridgehead atoms. The van der Waals surface area contributed by atoms with Crippen LogP contribution in [-0.4, -0.2) is 23.5 Å². The Morgan fingerprint density at radius 3 is 2.76 bits per heavy atom. The second-order valence-corrected chi connectivity index (χ2v) is 6.09. The predicted octanol–water partition coefficient (Wildman–Crippen LogP) is 3.43. The van der Waals surface area contributed by atoms with Gasteiger partial charge in [0.25, 0.3) is 0 Å². The number of hydrogen-bond donors (Lipinski definition) is 1. The molecule has 0 amide bonds. The molecule has 108 valence electrons. The molecule has 1 aromatic carbocycles. The zero-order valence-electron chi connectivity index (χ0n) is 12.1. The van der Waals surface area contributed by atoms with Crippen LogP contribution in [0.5, 0.6) is 0 Å². The number of aromatic nitrogens is 1. The van der Waals surface area contributed by atoms with Crippen molar-refractivity contribution in [2.45, 2.75) is 12.6 Å². The molecule has 0 saturated heterocycles. The second-order valence-electron chi connectivity index (χ2n) is 5.17. The van der Waals surface area contributed by atoms with Gasteiger partial charge in [0.05, 0.1) is 5.69 Å². The van der Waals surface area contributed by atoms with E-state index >= 15 is 0 Å². The van der Waals surface area contributed by atoms with E-state index in [0.29, 0.717) is 6.54 Å². The molecular formula is C17H19N3S. The van der Waals surface area contributed by atoms with Crippen LogP contribution in [0.15, 0.2) is 54.0 Å². The molecule has 0 fully saturated rings. The van der Waals surface area contributed by atoms with E-state index in [2.05, 4.69) is 52.6 Å². The Morgan fingerprint density at radius 1 is 1.19 bits per heavy atom. The van der Waals surface area contributed by atoms with Gasteiger partial charge in [-0.3, -0.25) is 9.88 Å². The third-order valence-corrected chi connectivity index (χ3v) is 4.74. The highest BCUT2D eigenvalue weighted by molar-refractivity contribution is 7.17. The summed E-state index contributed by atoms with van der Waals surface area (Å²) in [5, 5.41) is 3.54. The van der Waals surface area contributed by atoms with E-state index in [1.165, 1.54) is 15.6 Å². The lowest BCUT2D eigenvalue weighted by Crippen LogP contribution is -2.30. The van der Waals surface area contributed by atoms with Crippen LogP contribution in [0.3, 0.4) is 0 Å². The Balaban J connectivity index is 1.87. The Morgan fingerprint density at radius 2 is 2.00 bits per heavy atom. The number of nitrogens with zero attached hydrogens (tertiary/aromatic N) is 2. The van der Waals surface area contributed by atoms with Gasteiger partial charge in [-0.1, -0.05) is 24.3 Å². The van der Waals surface area contributed by atoms with Crippen LogP contribution >= 0.6 is 11.3 Å². The summed E-state index contributed by atoms with van der Waals surface area (Å²) in [7, 11) is 2.11. The number of rotatable bonds is 5. The van der Waals surface area contributed by atoms with E-state index in [1.54, 1.807) is 11.3 Å². The van der Waals surface area contributed by atoms with Gasteiger partial charge in [0.1, 0.15) is 0 Å². The molecular weight excluding hydrogens is 278 g/mol. The largest absolute Gasteiger partial charge is 0.329 e. The van der Waals surface area contributed by atoms with Crippen LogP contribution in [0.4, 0.5) is 0 Å². The lowest BCUT2D eigenvalue weighted by molar-refractivity contribution is 0.241. The summed E-state index contributed by atoms with van der Waals surface area (Å²) >= 11 is 1.78. The van der Waals surface area contributed by atoms with Crippen molar-refractivity contribution < 1.29 is 0 Å². The molecule has 0 spiro atoms. The maximum Gasteiger partial charge on any atom is 0.0544 e. The maximum absolute atomic E-state index is 6.05. The van der Waals surface area contributed by atoms with E-state index in [1.807, 2.05) is 18.3 Å². The van der Waals surface area contributed by atoms with Gasteiger partial charge in [0.15, 0.2) is 0 Å². The number of fused-ring (bicyclic) bond motifs is 1. The van der Waals surface area contributed by atoms with Gasteiger partial charge < -0.3 is 5.73 Å². The number of hydrogen-bond acceptors (Lipinski definition) is 4. The van der Waals surface area contributed by atoms with Gasteiger partial charge in [-0.25, -0.2) is 0 Å². The van der Waals surface area contributed by atoms with Gasteiger partial charge in [-0.15, -0.1) is 11.3 Å². The quantitative estimate of drug-likeness (QED) is 0.784. The Kier molecular flexibility index (Phi) is 4.29. The van der Waals surface area contributed by atoms with Crippen molar-refractivity contribution in [3.63, 3.8) is 0 Å². The first-order valence-electron chi connectivity index (χ1n) is 7.06. The molecule has 3 nitrogen and oxygen atoms in total. The summed E-state index contributed by atoms with van der Waals surface area (Å²) in [6, 6.07) is 14.7. The molecule has 0 aliphatic rings. The maximum atomic E-state index is 6.05. The summed E-state index contributed by atoms with van der Waals surface area (Å²) in [5.74, 6) is 0. The highest BCUT2D eigenvalue weighted by Crippen LogP contribution is 2.32. The topological polar surface area (TPSA) is 42.2 Å². The summed E-state index contributed by atoms with van der Waals surface area (Å²) in [6.45, 7) is 1.40. The summed E-state index contributed by atoms with van der Waals surface area (Å²) in [5.41, 5.74) is 8.44. The minimum atomic E-state index is 0.211. The molecule has 3 aromatic rings.